The van der Waals surface area contributed by atoms with E-state index in [1.54, 1.807) is 0 Å². The highest BCUT2D eigenvalue weighted by Crippen LogP contribution is 2.34. The highest BCUT2D eigenvalue weighted by Gasteiger charge is 2.51. The summed E-state index contributed by atoms with van der Waals surface area (Å²) in [7, 11) is 0. The van der Waals surface area contributed by atoms with Crippen molar-refractivity contribution in [2.24, 2.45) is 0 Å². The van der Waals surface area contributed by atoms with Crippen LogP contribution in [-0.2, 0) is 14.2 Å². The van der Waals surface area contributed by atoms with E-state index < -0.39 is 68.0 Å². The molecule has 0 radical (unpaired) electrons. The van der Waals surface area contributed by atoms with Crippen molar-refractivity contribution >= 4 is 5.82 Å². The van der Waals surface area contributed by atoms with E-state index in [4.69, 9.17) is 25.1 Å². The Morgan fingerprint density at radius 1 is 1.12 bits per heavy atom. The second-order valence-corrected chi connectivity index (χ2v) is 6.09. The van der Waals surface area contributed by atoms with Gasteiger partial charge in [0.05, 0.1) is 13.2 Å². The minimum absolute atomic E-state index is 0.00979. The standard InChI is InChI=1S/C14H21N3O9/c15-7-1-2-17(14(23)16-7)12-11(9(21)6(4-19)24-12)26-13-10(22)8(20)5(3-18)25-13/h1-2,5-6,8-13,18-22H,3-4H2,(H2,15,16,23)/t5-,6-,8-,9-,10-,11-,12-,13+/m1/s1. The molecule has 0 unspecified atom stereocenters. The van der Waals surface area contributed by atoms with Gasteiger partial charge < -0.3 is 45.5 Å². The monoisotopic (exact) mass is 375 g/mol. The van der Waals surface area contributed by atoms with E-state index in [0.717, 1.165) is 4.57 Å². The van der Waals surface area contributed by atoms with Crippen LogP contribution in [-0.4, -0.2) is 91.2 Å². The third kappa shape index (κ3) is 3.33. The normalized spacial score (nSPS) is 40.2. The summed E-state index contributed by atoms with van der Waals surface area (Å²) in [5.74, 6) is -0.00979. The Morgan fingerprint density at radius 2 is 1.77 bits per heavy atom. The Morgan fingerprint density at radius 3 is 2.35 bits per heavy atom. The molecule has 0 amide bonds. The summed E-state index contributed by atoms with van der Waals surface area (Å²) >= 11 is 0. The van der Waals surface area contributed by atoms with Gasteiger partial charge in [-0.2, -0.15) is 4.98 Å². The number of anilines is 1. The van der Waals surface area contributed by atoms with E-state index in [9.17, 15) is 25.2 Å². The number of aliphatic hydroxyl groups is 5. The molecule has 7 N–H and O–H groups in total. The average Bonchev–Trinajstić information content (AvgIpc) is 3.07. The summed E-state index contributed by atoms with van der Waals surface area (Å²) in [6, 6.07) is 1.34. The molecule has 0 spiro atoms. The lowest BCUT2D eigenvalue weighted by molar-refractivity contribution is -0.220. The molecule has 26 heavy (non-hydrogen) atoms. The van der Waals surface area contributed by atoms with Gasteiger partial charge >= 0.3 is 5.69 Å². The molecule has 0 aromatic carbocycles. The van der Waals surface area contributed by atoms with Crippen LogP contribution in [0.2, 0.25) is 0 Å². The number of rotatable bonds is 5. The average molecular weight is 375 g/mol. The van der Waals surface area contributed by atoms with Crippen molar-refractivity contribution in [1.29, 1.82) is 0 Å². The number of nitrogens with zero attached hydrogens (tertiary/aromatic N) is 2. The minimum Gasteiger partial charge on any atom is -0.394 e. The van der Waals surface area contributed by atoms with Crippen molar-refractivity contribution in [2.45, 2.75) is 49.1 Å². The van der Waals surface area contributed by atoms with E-state index in [1.165, 1.54) is 12.3 Å². The van der Waals surface area contributed by atoms with E-state index in [0.29, 0.717) is 0 Å². The number of hydrogen-bond donors (Lipinski definition) is 6. The van der Waals surface area contributed by atoms with Gasteiger partial charge in [-0.25, -0.2) is 4.79 Å². The summed E-state index contributed by atoms with van der Waals surface area (Å²) in [6.45, 7) is -1.10. The molecule has 2 fully saturated rings. The van der Waals surface area contributed by atoms with E-state index in [1.807, 2.05) is 0 Å². The lowest BCUT2D eigenvalue weighted by atomic mass is 10.1. The molecule has 0 saturated carbocycles. The Kier molecular flexibility index (Phi) is 5.55. The largest absolute Gasteiger partial charge is 0.394 e. The van der Waals surface area contributed by atoms with Gasteiger partial charge in [-0.15, -0.1) is 0 Å². The summed E-state index contributed by atoms with van der Waals surface area (Å²) < 4.78 is 17.2. The minimum atomic E-state index is -1.49. The van der Waals surface area contributed by atoms with Crippen LogP contribution < -0.4 is 11.4 Å². The van der Waals surface area contributed by atoms with Crippen LogP contribution in [0.1, 0.15) is 6.23 Å². The van der Waals surface area contributed by atoms with Crippen LogP contribution in [0.15, 0.2) is 17.1 Å². The van der Waals surface area contributed by atoms with E-state index in [-0.39, 0.29) is 5.82 Å². The first-order valence-corrected chi connectivity index (χ1v) is 7.94. The van der Waals surface area contributed by atoms with Gasteiger partial charge in [0.15, 0.2) is 12.5 Å². The Labute approximate surface area is 147 Å². The summed E-state index contributed by atoms with van der Waals surface area (Å²) in [6.07, 6.45) is -8.90. The molecular formula is C14H21N3O9. The first-order valence-electron chi connectivity index (χ1n) is 7.94. The number of ether oxygens (including phenoxy) is 3. The van der Waals surface area contributed by atoms with E-state index in [2.05, 4.69) is 4.98 Å². The maximum absolute atomic E-state index is 12.1. The van der Waals surface area contributed by atoms with Crippen molar-refractivity contribution in [1.82, 2.24) is 9.55 Å². The van der Waals surface area contributed by atoms with Crippen molar-refractivity contribution < 1.29 is 39.7 Å². The van der Waals surface area contributed by atoms with Crippen molar-refractivity contribution in [3.8, 4) is 0 Å². The van der Waals surface area contributed by atoms with Gasteiger partial charge in [-0.1, -0.05) is 0 Å². The van der Waals surface area contributed by atoms with Crippen LogP contribution in [0, 0.1) is 0 Å². The maximum atomic E-state index is 12.1. The SMILES string of the molecule is Nc1ccn([C@@H]2O[C@H](CO)[C@@H](O)[C@H]2O[C@@H]2O[C@H](CO)[C@@H](O)[C@H]2O)c(=O)n1. The number of nitrogens with two attached hydrogens (primary N) is 1. The fourth-order valence-corrected chi connectivity index (χ4v) is 2.99. The maximum Gasteiger partial charge on any atom is 0.351 e. The van der Waals surface area contributed by atoms with Gasteiger partial charge in [0.1, 0.15) is 42.4 Å². The summed E-state index contributed by atoms with van der Waals surface area (Å²) in [5.41, 5.74) is 4.68. The highest BCUT2D eigenvalue weighted by atomic mass is 16.7. The van der Waals surface area contributed by atoms with E-state index >= 15 is 0 Å². The third-order valence-electron chi connectivity index (χ3n) is 4.41. The Bertz CT molecular complexity index is 686. The van der Waals surface area contributed by atoms with Gasteiger partial charge in [-0.05, 0) is 6.07 Å². The Hall–Kier alpha value is -1.64. The molecule has 0 bridgehead atoms. The number of aromatic nitrogens is 2. The molecule has 0 aliphatic carbocycles. The molecule has 146 valence electrons. The molecule has 12 heteroatoms. The van der Waals surface area contributed by atoms with Gasteiger partial charge in [0, 0.05) is 6.20 Å². The molecule has 1 aromatic heterocycles. The zero-order chi connectivity index (χ0) is 19.0. The van der Waals surface area contributed by atoms with Gasteiger partial charge in [0.2, 0.25) is 0 Å². The molecule has 1 aromatic rings. The molecule has 3 heterocycles. The summed E-state index contributed by atoms with van der Waals surface area (Å²) in [4.78, 5) is 15.6. The second-order valence-electron chi connectivity index (χ2n) is 6.09. The molecule has 12 nitrogen and oxygen atoms in total. The lowest BCUT2D eigenvalue weighted by Gasteiger charge is -2.26. The molecule has 2 aliphatic heterocycles. The van der Waals surface area contributed by atoms with Crippen LogP contribution in [0.3, 0.4) is 0 Å². The van der Waals surface area contributed by atoms with Crippen LogP contribution in [0.25, 0.3) is 0 Å². The second kappa shape index (κ2) is 7.54. The number of aliphatic hydroxyl groups excluding tert-OH is 5. The first kappa shape index (κ1) is 19.1. The smallest absolute Gasteiger partial charge is 0.351 e. The fraction of sp³-hybridized carbons (Fsp3) is 0.714. The topological polar surface area (TPSA) is 190 Å². The molecular weight excluding hydrogens is 354 g/mol. The zero-order valence-electron chi connectivity index (χ0n) is 13.5. The van der Waals surface area contributed by atoms with Crippen LogP contribution in [0.4, 0.5) is 5.82 Å². The predicted octanol–water partition coefficient (Wildman–Crippen LogP) is -4.10. The molecule has 2 saturated heterocycles. The predicted molar refractivity (Wildman–Crippen MR) is 82.5 cm³/mol. The van der Waals surface area contributed by atoms with Crippen LogP contribution >= 0.6 is 0 Å². The first-order chi connectivity index (χ1) is 12.4. The highest BCUT2D eigenvalue weighted by molar-refractivity contribution is 5.23. The molecule has 2 aliphatic rings. The Balaban J connectivity index is 1.85. The number of nitrogen functional groups attached to an aromatic ring is 1. The van der Waals surface area contributed by atoms with Crippen LogP contribution in [0.5, 0.6) is 0 Å². The fourth-order valence-electron chi connectivity index (χ4n) is 2.99. The number of hydrogen-bond acceptors (Lipinski definition) is 11. The van der Waals surface area contributed by atoms with Gasteiger partial charge in [0.25, 0.3) is 0 Å². The quantitative estimate of drug-likeness (QED) is 0.293. The van der Waals surface area contributed by atoms with Crippen molar-refractivity contribution in [3.05, 3.63) is 22.7 Å². The van der Waals surface area contributed by atoms with Gasteiger partial charge in [-0.3, -0.25) is 4.57 Å². The third-order valence-corrected chi connectivity index (χ3v) is 4.41. The lowest BCUT2D eigenvalue weighted by Crippen LogP contribution is -2.43. The molecule has 3 rings (SSSR count). The van der Waals surface area contributed by atoms with Crippen molar-refractivity contribution in [2.75, 3.05) is 18.9 Å². The van der Waals surface area contributed by atoms with Crippen molar-refractivity contribution in [3.63, 3.8) is 0 Å². The zero-order valence-corrected chi connectivity index (χ0v) is 13.5. The molecule has 8 atom stereocenters. The summed E-state index contributed by atoms with van der Waals surface area (Å²) in [5, 5.41) is 48.6.